The van der Waals surface area contributed by atoms with E-state index in [2.05, 4.69) is 152 Å². The van der Waals surface area contributed by atoms with Crippen LogP contribution in [0.1, 0.15) is 11.1 Å². The van der Waals surface area contributed by atoms with Crippen LogP contribution in [0.25, 0.3) is 33.4 Å². The monoisotopic (exact) mass is 516 g/mol. The molecule has 0 aromatic heterocycles. The number of nitrogens with two attached hydrogens (primary N) is 1. The smallest absolute Gasteiger partial charge is 0.0468 e. The molecule has 0 unspecified atom stereocenters. The summed E-state index contributed by atoms with van der Waals surface area (Å²) >= 11 is 0. The zero-order valence-corrected chi connectivity index (χ0v) is 22.9. The summed E-state index contributed by atoms with van der Waals surface area (Å²) in [7, 11) is 0. The van der Waals surface area contributed by atoms with E-state index in [1.54, 1.807) is 0 Å². The van der Waals surface area contributed by atoms with Crippen molar-refractivity contribution in [3.05, 3.63) is 157 Å². The molecule has 0 fully saturated rings. The second-order valence-corrected chi connectivity index (χ2v) is 10.3. The average molecular weight is 517 g/mol. The second kappa shape index (κ2) is 11.0. The van der Waals surface area contributed by atoms with Crippen LogP contribution >= 0.6 is 0 Å². The van der Waals surface area contributed by atoms with Gasteiger partial charge in [-0.25, -0.2) is 0 Å². The number of anilines is 4. The Morgan fingerprint density at radius 2 is 0.875 bits per heavy atom. The quantitative estimate of drug-likeness (QED) is 0.223. The molecular weight excluding hydrogens is 484 g/mol. The van der Waals surface area contributed by atoms with Crippen molar-refractivity contribution in [2.75, 3.05) is 10.6 Å². The molecule has 0 amide bonds. The van der Waals surface area contributed by atoms with Crippen molar-refractivity contribution < 1.29 is 0 Å². The van der Waals surface area contributed by atoms with E-state index < -0.39 is 0 Å². The third-order valence-electron chi connectivity index (χ3n) is 7.28. The minimum atomic E-state index is 0.755. The summed E-state index contributed by atoms with van der Waals surface area (Å²) in [4.78, 5) is 2.34. The van der Waals surface area contributed by atoms with Gasteiger partial charge < -0.3 is 10.6 Å². The molecule has 0 saturated carbocycles. The van der Waals surface area contributed by atoms with Gasteiger partial charge in [0.05, 0.1) is 0 Å². The highest BCUT2D eigenvalue weighted by Crippen LogP contribution is 2.43. The molecular formula is C38H32N2. The highest BCUT2D eigenvalue weighted by Gasteiger charge is 2.18. The van der Waals surface area contributed by atoms with Gasteiger partial charge >= 0.3 is 0 Å². The third-order valence-corrected chi connectivity index (χ3v) is 7.28. The van der Waals surface area contributed by atoms with Crippen LogP contribution in [0, 0.1) is 13.8 Å². The SMILES string of the molecule is Cc1cccc(N(c2cccc(C)c2)c2ccc(-c3ccc(N)cc3-c3ccccc3)c(-c3ccccc3)c2)c1. The van der Waals surface area contributed by atoms with E-state index in [1.165, 1.54) is 27.8 Å². The third kappa shape index (κ3) is 5.12. The zero-order valence-electron chi connectivity index (χ0n) is 22.9. The maximum atomic E-state index is 6.30. The lowest BCUT2D eigenvalue weighted by Crippen LogP contribution is -2.10. The fourth-order valence-electron chi connectivity index (χ4n) is 5.40. The largest absolute Gasteiger partial charge is 0.399 e. The second-order valence-electron chi connectivity index (χ2n) is 10.3. The van der Waals surface area contributed by atoms with E-state index in [0.717, 1.165) is 39.4 Å². The summed E-state index contributed by atoms with van der Waals surface area (Å²) in [6.45, 7) is 4.28. The Kier molecular flexibility index (Phi) is 6.91. The number of nitrogens with zero attached hydrogens (tertiary/aromatic N) is 1. The molecule has 2 heteroatoms. The fraction of sp³-hybridized carbons (Fsp3) is 0.0526. The number of hydrogen-bond donors (Lipinski definition) is 1. The van der Waals surface area contributed by atoms with Crippen molar-refractivity contribution in [2.45, 2.75) is 13.8 Å². The minimum absolute atomic E-state index is 0.755. The van der Waals surface area contributed by atoms with Crippen LogP contribution < -0.4 is 10.6 Å². The average Bonchev–Trinajstić information content (AvgIpc) is 2.98. The van der Waals surface area contributed by atoms with Gasteiger partial charge in [-0.15, -0.1) is 0 Å². The van der Waals surface area contributed by atoms with Crippen LogP contribution in [0.2, 0.25) is 0 Å². The molecule has 0 aliphatic carbocycles. The molecule has 6 rings (SSSR count). The van der Waals surface area contributed by atoms with Gasteiger partial charge in [-0.3, -0.25) is 0 Å². The molecule has 2 nitrogen and oxygen atoms in total. The maximum absolute atomic E-state index is 6.30. The predicted octanol–water partition coefficient (Wildman–Crippen LogP) is 10.4. The summed E-state index contributed by atoms with van der Waals surface area (Å²) in [6.07, 6.45) is 0. The van der Waals surface area contributed by atoms with Gasteiger partial charge in [-0.05, 0) is 107 Å². The Morgan fingerprint density at radius 3 is 1.40 bits per heavy atom. The lowest BCUT2D eigenvalue weighted by atomic mass is 9.88. The normalized spacial score (nSPS) is 10.8. The van der Waals surface area contributed by atoms with Gasteiger partial charge in [0.2, 0.25) is 0 Å². The molecule has 194 valence electrons. The van der Waals surface area contributed by atoms with Gasteiger partial charge in [0, 0.05) is 22.7 Å². The lowest BCUT2D eigenvalue weighted by Gasteiger charge is -2.27. The number of nitrogen functional groups attached to an aromatic ring is 1. The highest BCUT2D eigenvalue weighted by atomic mass is 15.1. The van der Waals surface area contributed by atoms with Crippen molar-refractivity contribution >= 4 is 22.7 Å². The van der Waals surface area contributed by atoms with Crippen LogP contribution in [0.4, 0.5) is 22.7 Å². The number of aryl methyl sites for hydroxylation is 2. The first-order valence-electron chi connectivity index (χ1n) is 13.6. The van der Waals surface area contributed by atoms with E-state index in [0.29, 0.717) is 0 Å². The number of benzene rings is 6. The minimum Gasteiger partial charge on any atom is -0.399 e. The molecule has 0 aliphatic heterocycles. The van der Waals surface area contributed by atoms with E-state index in [-0.39, 0.29) is 0 Å². The first-order chi connectivity index (χ1) is 19.6. The Labute approximate surface area is 237 Å². The molecule has 0 spiro atoms. The first kappa shape index (κ1) is 25.2. The van der Waals surface area contributed by atoms with Crippen molar-refractivity contribution in [3.8, 4) is 33.4 Å². The lowest BCUT2D eigenvalue weighted by molar-refractivity contribution is 1.26. The molecule has 0 atom stereocenters. The van der Waals surface area contributed by atoms with E-state index >= 15 is 0 Å². The Hall–Kier alpha value is -5.08. The topological polar surface area (TPSA) is 29.3 Å². The van der Waals surface area contributed by atoms with Crippen molar-refractivity contribution in [2.24, 2.45) is 0 Å². The molecule has 0 radical (unpaired) electrons. The highest BCUT2D eigenvalue weighted by molar-refractivity contribution is 5.95. The summed E-state index contributed by atoms with van der Waals surface area (Å²) in [5.41, 5.74) is 19.8. The van der Waals surface area contributed by atoms with E-state index in [1.807, 2.05) is 12.1 Å². The Bertz CT molecular complexity index is 1730. The summed E-state index contributed by atoms with van der Waals surface area (Å²) in [5.74, 6) is 0. The summed E-state index contributed by atoms with van der Waals surface area (Å²) in [6, 6.07) is 51.5. The molecule has 0 saturated heterocycles. The van der Waals surface area contributed by atoms with Gasteiger partial charge in [0.25, 0.3) is 0 Å². The van der Waals surface area contributed by atoms with Gasteiger partial charge in [-0.1, -0.05) is 97.1 Å². The molecule has 0 bridgehead atoms. The van der Waals surface area contributed by atoms with Crippen molar-refractivity contribution in [1.29, 1.82) is 0 Å². The van der Waals surface area contributed by atoms with E-state index in [9.17, 15) is 0 Å². The first-order valence-corrected chi connectivity index (χ1v) is 13.6. The van der Waals surface area contributed by atoms with Gasteiger partial charge in [0.1, 0.15) is 0 Å². The van der Waals surface area contributed by atoms with Crippen LogP contribution in [0.5, 0.6) is 0 Å². The molecule has 0 heterocycles. The summed E-state index contributed by atoms with van der Waals surface area (Å²) < 4.78 is 0. The van der Waals surface area contributed by atoms with Crippen molar-refractivity contribution in [3.63, 3.8) is 0 Å². The zero-order chi connectivity index (χ0) is 27.5. The van der Waals surface area contributed by atoms with Gasteiger partial charge in [0.15, 0.2) is 0 Å². The van der Waals surface area contributed by atoms with Crippen molar-refractivity contribution in [1.82, 2.24) is 0 Å². The standard InChI is InChI=1S/C38H32N2/c1-27-11-9-17-32(23-27)40(33-18-10-12-28(2)24-33)34-20-22-36(38(26-34)30-15-7-4-8-16-30)35-21-19-31(39)25-37(35)29-13-5-3-6-14-29/h3-26H,39H2,1-2H3. The molecule has 0 aliphatic rings. The number of hydrogen-bond acceptors (Lipinski definition) is 2. The van der Waals surface area contributed by atoms with Gasteiger partial charge in [-0.2, -0.15) is 0 Å². The fourth-order valence-corrected chi connectivity index (χ4v) is 5.40. The molecule has 40 heavy (non-hydrogen) atoms. The van der Waals surface area contributed by atoms with Crippen LogP contribution in [0.15, 0.2) is 146 Å². The molecule has 6 aromatic carbocycles. The van der Waals surface area contributed by atoms with Crippen LogP contribution in [-0.4, -0.2) is 0 Å². The Morgan fingerprint density at radius 1 is 0.400 bits per heavy atom. The molecule has 6 aromatic rings. The molecule has 2 N–H and O–H groups in total. The maximum Gasteiger partial charge on any atom is 0.0468 e. The Balaban J connectivity index is 1.60. The van der Waals surface area contributed by atoms with E-state index in [4.69, 9.17) is 5.73 Å². The van der Waals surface area contributed by atoms with Crippen LogP contribution in [0.3, 0.4) is 0 Å². The predicted molar refractivity (Wildman–Crippen MR) is 171 cm³/mol. The summed E-state index contributed by atoms with van der Waals surface area (Å²) in [5, 5.41) is 0. The van der Waals surface area contributed by atoms with Crippen LogP contribution in [-0.2, 0) is 0 Å². The number of rotatable bonds is 6.